The zero-order valence-corrected chi connectivity index (χ0v) is 12.7. The quantitative estimate of drug-likeness (QED) is 0.788. The van der Waals surface area contributed by atoms with E-state index >= 15 is 0 Å². The Morgan fingerprint density at radius 3 is 2.50 bits per heavy atom. The lowest BCUT2D eigenvalue weighted by molar-refractivity contribution is 0.465. The predicted octanol–water partition coefficient (Wildman–Crippen LogP) is 4.28. The minimum atomic E-state index is -0.197. The summed E-state index contributed by atoms with van der Waals surface area (Å²) in [5, 5.41) is 3.28. The maximum absolute atomic E-state index is 12.7. The summed E-state index contributed by atoms with van der Waals surface area (Å²) < 4.78 is 19.8. The van der Waals surface area contributed by atoms with Crippen LogP contribution < -0.4 is 5.32 Å². The highest BCUT2D eigenvalue weighted by molar-refractivity contribution is 9.13. The van der Waals surface area contributed by atoms with Crippen molar-refractivity contribution in [3.05, 3.63) is 56.6 Å². The summed E-state index contributed by atoms with van der Waals surface area (Å²) in [5.41, 5.74) is 1.12. The minimum Gasteiger partial charge on any atom is -0.452 e. The molecule has 0 atom stereocenters. The van der Waals surface area contributed by atoms with E-state index in [9.17, 15) is 4.39 Å². The first-order chi connectivity index (χ1) is 8.65. The molecule has 18 heavy (non-hydrogen) atoms. The van der Waals surface area contributed by atoms with Crippen molar-refractivity contribution >= 4 is 31.9 Å². The zero-order valence-electron chi connectivity index (χ0n) is 9.55. The monoisotopic (exact) mass is 375 g/mol. The van der Waals surface area contributed by atoms with Crippen LogP contribution in [-0.4, -0.2) is 6.54 Å². The number of rotatable bonds is 5. The maximum atomic E-state index is 12.7. The molecule has 0 aliphatic carbocycles. The predicted molar refractivity (Wildman–Crippen MR) is 75.9 cm³/mol. The molecule has 1 aromatic carbocycles. The highest BCUT2D eigenvalue weighted by Gasteiger charge is 2.05. The molecule has 1 N–H and O–H groups in total. The Morgan fingerprint density at radius 1 is 1.17 bits per heavy atom. The second-order valence-corrected chi connectivity index (χ2v) is 5.46. The molecule has 1 heterocycles. The molecular formula is C13H12Br2FNO. The summed E-state index contributed by atoms with van der Waals surface area (Å²) in [5.74, 6) is 0.671. The van der Waals surface area contributed by atoms with Crippen LogP contribution in [0.1, 0.15) is 11.3 Å². The molecule has 5 heteroatoms. The molecule has 1 aromatic heterocycles. The van der Waals surface area contributed by atoms with E-state index in [1.165, 1.54) is 12.1 Å². The Balaban J connectivity index is 1.74. The SMILES string of the molecule is Fc1ccc(CCNCc2cc(Br)c(Br)o2)cc1. The van der Waals surface area contributed by atoms with E-state index in [0.717, 1.165) is 28.8 Å². The van der Waals surface area contributed by atoms with Crippen LogP contribution in [-0.2, 0) is 13.0 Å². The third-order valence-corrected chi connectivity index (χ3v) is 4.21. The fraction of sp³-hybridized carbons (Fsp3) is 0.231. The molecule has 0 radical (unpaired) electrons. The standard InChI is InChI=1S/C13H12Br2FNO/c14-12-7-11(18-13(12)15)8-17-6-5-9-1-3-10(16)4-2-9/h1-4,7,17H,5-6,8H2. The number of hydrogen-bond donors (Lipinski definition) is 1. The molecule has 0 unspecified atom stereocenters. The first-order valence-corrected chi connectivity index (χ1v) is 7.12. The van der Waals surface area contributed by atoms with E-state index in [4.69, 9.17) is 4.42 Å². The summed E-state index contributed by atoms with van der Waals surface area (Å²) in [4.78, 5) is 0. The average Bonchev–Trinajstić information content (AvgIpc) is 2.67. The van der Waals surface area contributed by atoms with Crippen molar-refractivity contribution in [3.63, 3.8) is 0 Å². The van der Waals surface area contributed by atoms with Gasteiger partial charge in [-0.15, -0.1) is 0 Å². The number of nitrogens with one attached hydrogen (secondary N) is 1. The normalized spacial score (nSPS) is 10.8. The second-order valence-electron chi connectivity index (χ2n) is 3.89. The fourth-order valence-electron chi connectivity index (χ4n) is 1.57. The molecular weight excluding hydrogens is 365 g/mol. The first kappa shape index (κ1) is 13.8. The molecule has 2 rings (SSSR count). The van der Waals surface area contributed by atoms with Crippen molar-refractivity contribution in [2.45, 2.75) is 13.0 Å². The lowest BCUT2D eigenvalue weighted by Gasteiger charge is -2.03. The molecule has 2 nitrogen and oxygen atoms in total. The maximum Gasteiger partial charge on any atom is 0.183 e. The zero-order chi connectivity index (χ0) is 13.0. The van der Waals surface area contributed by atoms with Gasteiger partial charge in [0.2, 0.25) is 0 Å². The van der Waals surface area contributed by atoms with Gasteiger partial charge in [-0.05, 0) is 68.6 Å². The lowest BCUT2D eigenvalue weighted by Crippen LogP contribution is -2.16. The summed E-state index contributed by atoms with van der Waals surface area (Å²) >= 11 is 6.66. The molecule has 0 aliphatic heterocycles. The van der Waals surface area contributed by atoms with E-state index in [1.54, 1.807) is 12.1 Å². The topological polar surface area (TPSA) is 25.2 Å². The van der Waals surface area contributed by atoms with Crippen LogP contribution in [0.2, 0.25) is 0 Å². The fourth-order valence-corrected chi connectivity index (χ4v) is 2.23. The van der Waals surface area contributed by atoms with Gasteiger partial charge in [-0.3, -0.25) is 0 Å². The Hall–Kier alpha value is -0.650. The van der Waals surface area contributed by atoms with Crippen LogP contribution in [0, 0.1) is 5.82 Å². The van der Waals surface area contributed by atoms with Gasteiger partial charge in [-0.1, -0.05) is 12.1 Å². The van der Waals surface area contributed by atoms with Gasteiger partial charge in [0.05, 0.1) is 11.0 Å². The molecule has 96 valence electrons. The van der Waals surface area contributed by atoms with Gasteiger partial charge < -0.3 is 9.73 Å². The van der Waals surface area contributed by atoms with Crippen molar-refractivity contribution in [3.8, 4) is 0 Å². The van der Waals surface area contributed by atoms with Crippen LogP contribution in [0.4, 0.5) is 4.39 Å². The smallest absolute Gasteiger partial charge is 0.183 e. The lowest BCUT2D eigenvalue weighted by atomic mass is 10.1. The highest BCUT2D eigenvalue weighted by Crippen LogP contribution is 2.26. The number of halogens is 3. The van der Waals surface area contributed by atoms with Gasteiger partial charge in [-0.2, -0.15) is 0 Å². The Bertz CT molecular complexity index is 491. The van der Waals surface area contributed by atoms with E-state index < -0.39 is 0 Å². The van der Waals surface area contributed by atoms with Gasteiger partial charge in [0.15, 0.2) is 4.67 Å². The number of benzene rings is 1. The molecule has 0 saturated carbocycles. The molecule has 0 fully saturated rings. The Morgan fingerprint density at radius 2 is 1.89 bits per heavy atom. The van der Waals surface area contributed by atoms with Gasteiger partial charge in [0, 0.05) is 0 Å². The molecule has 0 spiro atoms. The van der Waals surface area contributed by atoms with Gasteiger partial charge in [-0.25, -0.2) is 4.39 Å². The van der Waals surface area contributed by atoms with Gasteiger partial charge >= 0.3 is 0 Å². The average molecular weight is 377 g/mol. The van der Waals surface area contributed by atoms with Gasteiger partial charge in [0.25, 0.3) is 0 Å². The number of furan rings is 1. The Labute approximate surface area is 122 Å². The third-order valence-electron chi connectivity index (χ3n) is 2.50. The van der Waals surface area contributed by atoms with Crippen LogP contribution in [0.25, 0.3) is 0 Å². The molecule has 0 saturated heterocycles. The van der Waals surface area contributed by atoms with E-state index in [1.807, 2.05) is 6.07 Å². The van der Waals surface area contributed by atoms with E-state index in [2.05, 4.69) is 37.2 Å². The summed E-state index contributed by atoms with van der Waals surface area (Å²) in [6.07, 6.45) is 0.864. The first-order valence-electron chi connectivity index (χ1n) is 5.54. The van der Waals surface area contributed by atoms with Gasteiger partial charge in [0.1, 0.15) is 11.6 Å². The van der Waals surface area contributed by atoms with Crippen molar-refractivity contribution in [2.75, 3.05) is 6.54 Å². The second kappa shape index (κ2) is 6.50. The summed E-state index contributed by atoms with van der Waals surface area (Å²) in [7, 11) is 0. The highest BCUT2D eigenvalue weighted by atomic mass is 79.9. The molecule has 0 bridgehead atoms. The largest absolute Gasteiger partial charge is 0.452 e. The summed E-state index contributed by atoms with van der Waals surface area (Å²) in [6, 6.07) is 8.50. The van der Waals surface area contributed by atoms with E-state index in [-0.39, 0.29) is 5.82 Å². The van der Waals surface area contributed by atoms with Crippen LogP contribution >= 0.6 is 31.9 Å². The third kappa shape index (κ3) is 3.93. The van der Waals surface area contributed by atoms with Crippen LogP contribution in [0.15, 0.2) is 43.9 Å². The van der Waals surface area contributed by atoms with Crippen molar-refractivity contribution in [1.82, 2.24) is 5.32 Å². The Kier molecular flexibility index (Phi) is 4.97. The number of hydrogen-bond acceptors (Lipinski definition) is 2. The minimum absolute atomic E-state index is 0.197. The molecule has 0 aliphatic rings. The van der Waals surface area contributed by atoms with Crippen molar-refractivity contribution in [1.29, 1.82) is 0 Å². The molecule has 2 aromatic rings. The molecule has 0 amide bonds. The summed E-state index contributed by atoms with van der Waals surface area (Å²) in [6.45, 7) is 1.49. The van der Waals surface area contributed by atoms with Crippen LogP contribution in [0.5, 0.6) is 0 Å². The van der Waals surface area contributed by atoms with Crippen LogP contribution in [0.3, 0.4) is 0 Å². The van der Waals surface area contributed by atoms with Crippen molar-refractivity contribution < 1.29 is 8.81 Å². The van der Waals surface area contributed by atoms with E-state index in [0.29, 0.717) is 11.2 Å². The van der Waals surface area contributed by atoms with Crippen molar-refractivity contribution in [2.24, 2.45) is 0 Å².